The molecule has 8 nitrogen and oxygen atoms in total. The molecule has 0 radical (unpaired) electrons. The minimum Gasteiger partial charge on any atom is -0.458 e. The number of hydrogen-bond acceptors (Lipinski definition) is 7. The highest BCUT2D eigenvalue weighted by molar-refractivity contribution is 5.92. The van der Waals surface area contributed by atoms with Crippen LogP contribution in [0.3, 0.4) is 0 Å². The molecule has 3 aliphatic heterocycles. The Morgan fingerprint density at radius 1 is 1.17 bits per heavy atom. The second-order valence-corrected chi connectivity index (χ2v) is 10.1. The highest BCUT2D eigenvalue weighted by atomic mass is 19.1. The van der Waals surface area contributed by atoms with Gasteiger partial charge < -0.3 is 19.4 Å². The third-order valence-corrected chi connectivity index (χ3v) is 8.10. The first-order valence-corrected chi connectivity index (χ1v) is 12.4. The van der Waals surface area contributed by atoms with Crippen molar-refractivity contribution in [3.8, 4) is 11.4 Å². The van der Waals surface area contributed by atoms with E-state index in [4.69, 9.17) is 14.5 Å². The summed E-state index contributed by atoms with van der Waals surface area (Å²) in [6.07, 6.45) is 2.71. The van der Waals surface area contributed by atoms with E-state index in [0.29, 0.717) is 53.1 Å². The summed E-state index contributed by atoms with van der Waals surface area (Å²) < 4.78 is 27.2. The molecular formula is C27H24FN3O5. The number of fused-ring (bicyclic) bond motifs is 5. The molecule has 184 valence electrons. The van der Waals surface area contributed by atoms with Gasteiger partial charge in [-0.3, -0.25) is 9.59 Å². The second-order valence-electron chi connectivity index (χ2n) is 10.1. The normalized spacial score (nSPS) is 21.7. The summed E-state index contributed by atoms with van der Waals surface area (Å²) in [5.41, 5.74) is 5.84. The van der Waals surface area contributed by atoms with Crippen LogP contribution < -0.4 is 10.9 Å². The van der Waals surface area contributed by atoms with E-state index in [-0.39, 0.29) is 18.0 Å². The molecule has 0 saturated carbocycles. The van der Waals surface area contributed by atoms with E-state index in [1.54, 1.807) is 17.6 Å². The second kappa shape index (κ2) is 7.70. The average Bonchev–Trinajstić information content (AvgIpc) is 3.53. The minimum atomic E-state index is -1.31. The van der Waals surface area contributed by atoms with Crippen LogP contribution in [0.4, 0.5) is 4.39 Å². The number of benzene rings is 1. The Balaban J connectivity index is 1.39. The Bertz CT molecular complexity index is 1570. The molecule has 1 N–H and O–H groups in total. The molecule has 2 atom stereocenters. The van der Waals surface area contributed by atoms with E-state index in [2.05, 4.69) is 5.32 Å². The third kappa shape index (κ3) is 2.95. The molecule has 0 spiro atoms. The van der Waals surface area contributed by atoms with Crippen molar-refractivity contribution >= 4 is 22.8 Å². The summed E-state index contributed by atoms with van der Waals surface area (Å²) in [6, 6.07) is 2.72. The van der Waals surface area contributed by atoms with Crippen LogP contribution in [0.2, 0.25) is 0 Å². The van der Waals surface area contributed by atoms with Gasteiger partial charge in [0.25, 0.3) is 5.56 Å². The van der Waals surface area contributed by atoms with Gasteiger partial charge in [-0.25, -0.2) is 14.2 Å². The van der Waals surface area contributed by atoms with E-state index in [0.717, 1.165) is 47.8 Å². The van der Waals surface area contributed by atoms with Crippen LogP contribution in [0.25, 0.3) is 22.3 Å². The molecule has 0 amide bonds. The Morgan fingerprint density at radius 3 is 2.81 bits per heavy atom. The summed E-state index contributed by atoms with van der Waals surface area (Å²) in [7, 11) is 0. The highest BCUT2D eigenvalue weighted by Crippen LogP contribution is 2.42. The molecular weight excluding hydrogens is 465 g/mol. The summed E-state index contributed by atoms with van der Waals surface area (Å²) in [5.74, 6) is -1.51. The number of nitrogens with zero attached hydrogens (tertiary/aromatic N) is 2. The van der Waals surface area contributed by atoms with E-state index in [9.17, 15) is 18.8 Å². The predicted molar refractivity (Wildman–Crippen MR) is 127 cm³/mol. The van der Waals surface area contributed by atoms with Crippen LogP contribution in [0.1, 0.15) is 58.7 Å². The summed E-state index contributed by atoms with van der Waals surface area (Å²) in [4.78, 5) is 43.8. The van der Waals surface area contributed by atoms with Crippen molar-refractivity contribution in [1.29, 1.82) is 0 Å². The highest BCUT2D eigenvalue weighted by Gasteiger charge is 2.39. The van der Waals surface area contributed by atoms with Crippen molar-refractivity contribution in [3.63, 3.8) is 0 Å². The average molecular weight is 490 g/mol. The Hall–Kier alpha value is -3.59. The molecule has 3 aromatic rings. The topological polar surface area (TPSA) is 99.5 Å². The minimum absolute atomic E-state index is 0.170. The third-order valence-electron chi connectivity index (χ3n) is 8.10. The van der Waals surface area contributed by atoms with Gasteiger partial charge in [0.2, 0.25) is 6.10 Å². The number of cyclic esters (lactones) is 1. The Kier molecular flexibility index (Phi) is 4.64. The van der Waals surface area contributed by atoms with Crippen molar-refractivity contribution in [2.24, 2.45) is 0 Å². The standard InChI is InChI=1S/C27H24FN3O5/c1-12-13-4-2-5-14-16-10-31-21(23(16)30-20(22(13)14)9-18(12)28)8-15-17(25(31)32)11-35-27(34)24(15)36-26(33)19-6-3-7-29-19/h8-9,19,24,29H,2-7,10-11H2,1H3. The van der Waals surface area contributed by atoms with Crippen LogP contribution in [0.5, 0.6) is 0 Å². The van der Waals surface area contributed by atoms with Gasteiger partial charge in [-0.2, -0.15) is 0 Å². The van der Waals surface area contributed by atoms with E-state index >= 15 is 0 Å². The van der Waals surface area contributed by atoms with Crippen LogP contribution >= 0.6 is 0 Å². The fourth-order valence-electron chi connectivity index (χ4n) is 6.25. The van der Waals surface area contributed by atoms with Gasteiger partial charge in [0.15, 0.2) is 0 Å². The fraction of sp³-hybridized carbons (Fsp3) is 0.407. The molecule has 0 bridgehead atoms. The van der Waals surface area contributed by atoms with Crippen molar-refractivity contribution in [2.45, 2.75) is 64.3 Å². The quantitative estimate of drug-likeness (QED) is 0.432. The van der Waals surface area contributed by atoms with Gasteiger partial charge in [0, 0.05) is 22.6 Å². The van der Waals surface area contributed by atoms with E-state index < -0.39 is 24.1 Å². The van der Waals surface area contributed by atoms with Crippen LogP contribution in [0.15, 0.2) is 16.9 Å². The summed E-state index contributed by atoms with van der Waals surface area (Å²) in [5, 5.41) is 4.06. The van der Waals surface area contributed by atoms with Crippen LogP contribution in [-0.2, 0) is 45.1 Å². The van der Waals surface area contributed by atoms with Gasteiger partial charge in [0.05, 0.1) is 29.0 Å². The van der Waals surface area contributed by atoms with E-state index in [1.807, 2.05) is 0 Å². The maximum Gasteiger partial charge on any atom is 0.352 e. The van der Waals surface area contributed by atoms with Gasteiger partial charge in [-0.1, -0.05) is 0 Å². The fourth-order valence-corrected chi connectivity index (χ4v) is 6.25. The molecule has 1 aliphatic carbocycles. The number of halogens is 1. The molecule has 2 aromatic heterocycles. The Morgan fingerprint density at radius 2 is 2.00 bits per heavy atom. The lowest BCUT2D eigenvalue weighted by molar-refractivity contribution is -0.172. The summed E-state index contributed by atoms with van der Waals surface area (Å²) in [6.45, 7) is 2.70. The number of ether oxygens (including phenoxy) is 2. The molecule has 7 rings (SSSR count). The zero-order valence-corrected chi connectivity index (χ0v) is 19.8. The van der Waals surface area contributed by atoms with Gasteiger partial charge in [-0.15, -0.1) is 0 Å². The van der Waals surface area contributed by atoms with Crippen molar-refractivity contribution in [2.75, 3.05) is 6.54 Å². The molecule has 2 unspecified atom stereocenters. The lowest BCUT2D eigenvalue weighted by Crippen LogP contribution is -2.38. The molecule has 36 heavy (non-hydrogen) atoms. The molecule has 4 aliphatic rings. The van der Waals surface area contributed by atoms with Crippen LogP contribution in [-0.4, -0.2) is 34.1 Å². The first kappa shape index (κ1) is 21.7. The number of hydrogen-bond donors (Lipinski definition) is 1. The lowest BCUT2D eigenvalue weighted by Gasteiger charge is -2.26. The van der Waals surface area contributed by atoms with Crippen molar-refractivity contribution in [1.82, 2.24) is 14.9 Å². The number of esters is 2. The van der Waals surface area contributed by atoms with E-state index in [1.165, 1.54) is 6.07 Å². The molecule has 1 fully saturated rings. The SMILES string of the molecule is Cc1c(F)cc2nc3c(c4c2c1CCC4)Cn1c-3cc2c(c1=O)COC(=O)C2OC(=O)C1CCCN1. The van der Waals surface area contributed by atoms with Gasteiger partial charge >= 0.3 is 11.9 Å². The Labute approximate surface area is 205 Å². The van der Waals surface area contributed by atoms with Crippen molar-refractivity contribution < 1.29 is 23.5 Å². The van der Waals surface area contributed by atoms with Crippen molar-refractivity contribution in [3.05, 3.63) is 61.7 Å². The first-order chi connectivity index (χ1) is 17.4. The number of carbonyl (C=O) groups excluding carboxylic acids is 2. The number of aromatic nitrogens is 2. The maximum atomic E-state index is 14.7. The molecule has 1 saturated heterocycles. The molecule has 9 heteroatoms. The first-order valence-electron chi connectivity index (χ1n) is 12.4. The number of nitrogens with one attached hydrogen (secondary N) is 1. The smallest absolute Gasteiger partial charge is 0.352 e. The predicted octanol–water partition coefficient (Wildman–Crippen LogP) is 2.75. The van der Waals surface area contributed by atoms with Crippen LogP contribution in [0, 0.1) is 12.7 Å². The maximum absolute atomic E-state index is 14.7. The van der Waals surface area contributed by atoms with Gasteiger partial charge in [-0.05, 0) is 68.3 Å². The number of carbonyl (C=O) groups is 2. The van der Waals surface area contributed by atoms with Gasteiger partial charge in [0.1, 0.15) is 18.5 Å². The number of pyridine rings is 2. The number of rotatable bonds is 2. The zero-order valence-electron chi connectivity index (χ0n) is 19.8. The molecule has 1 aromatic carbocycles. The molecule has 5 heterocycles. The lowest BCUT2D eigenvalue weighted by atomic mass is 9.85. The zero-order chi connectivity index (χ0) is 24.7. The largest absolute Gasteiger partial charge is 0.458 e. The summed E-state index contributed by atoms with van der Waals surface area (Å²) >= 11 is 0. The monoisotopic (exact) mass is 489 g/mol. The number of aryl methyl sites for hydroxylation is 2.